The molecule has 0 unspecified atom stereocenters. The van der Waals surface area contributed by atoms with Gasteiger partial charge in [-0.2, -0.15) is 0 Å². The fourth-order valence-corrected chi connectivity index (χ4v) is 2.08. The second-order valence-corrected chi connectivity index (χ2v) is 4.91. The number of aryl methyl sites for hydroxylation is 1. The van der Waals surface area contributed by atoms with Gasteiger partial charge in [-0.25, -0.2) is 4.79 Å². The van der Waals surface area contributed by atoms with Gasteiger partial charge in [-0.05, 0) is 31.4 Å². The van der Waals surface area contributed by atoms with Crippen molar-refractivity contribution in [3.8, 4) is 0 Å². The summed E-state index contributed by atoms with van der Waals surface area (Å²) in [5.41, 5.74) is 0.928. The summed E-state index contributed by atoms with van der Waals surface area (Å²) in [5, 5.41) is 13.2. The van der Waals surface area contributed by atoms with E-state index in [1.807, 2.05) is 0 Å². The number of nitrogens with one attached hydrogen (secondary N) is 1. The van der Waals surface area contributed by atoms with Crippen LogP contribution in [0.4, 0.5) is 11.4 Å². The predicted molar refractivity (Wildman–Crippen MR) is 76.4 cm³/mol. The number of benzene rings is 1. The molecule has 0 radical (unpaired) electrons. The first-order chi connectivity index (χ1) is 10.5. The Morgan fingerprint density at radius 3 is 2.86 bits per heavy atom. The molecule has 2 rings (SSSR count). The summed E-state index contributed by atoms with van der Waals surface area (Å²) in [4.78, 5) is 33.5. The van der Waals surface area contributed by atoms with Gasteiger partial charge < -0.3 is 14.8 Å². The van der Waals surface area contributed by atoms with E-state index in [0.717, 1.165) is 6.42 Å². The highest BCUT2D eigenvalue weighted by Crippen LogP contribution is 2.21. The number of nitrogens with zero attached hydrogens (tertiary/aromatic N) is 1. The Morgan fingerprint density at radius 1 is 1.50 bits per heavy atom. The summed E-state index contributed by atoms with van der Waals surface area (Å²) in [6.45, 7) is 1.74. The number of hydrogen-bond donors (Lipinski definition) is 1. The Morgan fingerprint density at radius 2 is 2.27 bits per heavy atom. The van der Waals surface area contributed by atoms with Gasteiger partial charge in [0.25, 0.3) is 11.6 Å². The van der Waals surface area contributed by atoms with E-state index in [1.54, 1.807) is 6.92 Å². The molecule has 8 heteroatoms. The minimum atomic E-state index is -0.589. The van der Waals surface area contributed by atoms with Gasteiger partial charge in [0.1, 0.15) is 0 Å². The molecule has 1 aliphatic rings. The lowest BCUT2D eigenvalue weighted by atomic mass is 10.2. The summed E-state index contributed by atoms with van der Waals surface area (Å²) >= 11 is 0. The summed E-state index contributed by atoms with van der Waals surface area (Å²) in [5.74, 6) is -1.06. The van der Waals surface area contributed by atoms with E-state index >= 15 is 0 Å². The number of anilines is 1. The molecule has 0 aliphatic carbocycles. The number of carbonyl (C=O) groups is 2. The molecule has 1 amide bonds. The molecule has 118 valence electrons. The lowest BCUT2D eigenvalue weighted by Gasteiger charge is -2.11. The van der Waals surface area contributed by atoms with Crippen LogP contribution in [0.25, 0.3) is 0 Å². The number of ether oxygens (including phenoxy) is 2. The standard InChI is InChI=1S/C14H16N2O6/c1-9-7-10(16(19)20)4-5-11(9)15-13(17)8-22-14(18)12-3-2-6-21-12/h4-5,7,12H,2-3,6,8H2,1H3,(H,15,17)/t12-/m1/s1. The summed E-state index contributed by atoms with van der Waals surface area (Å²) in [6, 6.07) is 4.09. The third-order valence-electron chi connectivity index (χ3n) is 3.23. The second kappa shape index (κ2) is 6.99. The zero-order valence-electron chi connectivity index (χ0n) is 12.0. The zero-order valence-corrected chi connectivity index (χ0v) is 12.0. The van der Waals surface area contributed by atoms with E-state index in [0.29, 0.717) is 24.3 Å². The third kappa shape index (κ3) is 4.01. The molecule has 1 aromatic rings. The van der Waals surface area contributed by atoms with Gasteiger partial charge in [0.15, 0.2) is 12.7 Å². The van der Waals surface area contributed by atoms with E-state index in [1.165, 1.54) is 18.2 Å². The number of nitro benzene ring substituents is 1. The predicted octanol–water partition coefficient (Wildman–Crippen LogP) is 1.56. The summed E-state index contributed by atoms with van der Waals surface area (Å²) in [6.07, 6.45) is 0.810. The molecule has 1 atom stereocenters. The van der Waals surface area contributed by atoms with Crippen LogP contribution in [0.1, 0.15) is 18.4 Å². The molecule has 1 aliphatic heterocycles. The lowest BCUT2D eigenvalue weighted by Crippen LogP contribution is -2.27. The molecule has 1 N–H and O–H groups in total. The maximum Gasteiger partial charge on any atom is 0.335 e. The Labute approximate surface area is 126 Å². The first-order valence-corrected chi connectivity index (χ1v) is 6.80. The molecule has 0 saturated carbocycles. The average Bonchev–Trinajstić information content (AvgIpc) is 3.01. The van der Waals surface area contributed by atoms with Crippen LogP contribution in [0.2, 0.25) is 0 Å². The quantitative estimate of drug-likeness (QED) is 0.502. The van der Waals surface area contributed by atoms with Gasteiger partial charge in [-0.1, -0.05) is 0 Å². The molecule has 1 aromatic carbocycles. The van der Waals surface area contributed by atoms with Crippen LogP contribution in [0.5, 0.6) is 0 Å². The van der Waals surface area contributed by atoms with Gasteiger partial charge in [-0.3, -0.25) is 14.9 Å². The first kappa shape index (κ1) is 15.9. The SMILES string of the molecule is Cc1cc([N+](=O)[O-])ccc1NC(=O)COC(=O)[C@H]1CCCO1. The van der Waals surface area contributed by atoms with E-state index in [4.69, 9.17) is 9.47 Å². The van der Waals surface area contributed by atoms with Gasteiger partial charge in [0.2, 0.25) is 0 Å². The number of non-ortho nitro benzene ring substituents is 1. The van der Waals surface area contributed by atoms with Crippen LogP contribution in [0.3, 0.4) is 0 Å². The monoisotopic (exact) mass is 308 g/mol. The minimum absolute atomic E-state index is 0.0553. The molecular formula is C14H16N2O6. The molecule has 0 aromatic heterocycles. The molecule has 22 heavy (non-hydrogen) atoms. The number of esters is 1. The van der Waals surface area contributed by atoms with Gasteiger partial charge in [0.05, 0.1) is 4.92 Å². The average molecular weight is 308 g/mol. The number of amides is 1. The van der Waals surface area contributed by atoms with Crippen LogP contribution in [0, 0.1) is 17.0 Å². The second-order valence-electron chi connectivity index (χ2n) is 4.91. The van der Waals surface area contributed by atoms with Crippen LogP contribution >= 0.6 is 0 Å². The number of hydrogen-bond acceptors (Lipinski definition) is 6. The van der Waals surface area contributed by atoms with Crippen molar-refractivity contribution in [1.29, 1.82) is 0 Å². The fourth-order valence-electron chi connectivity index (χ4n) is 2.08. The van der Waals surface area contributed by atoms with Crippen LogP contribution in [-0.2, 0) is 19.1 Å². The highest BCUT2D eigenvalue weighted by molar-refractivity contribution is 5.93. The van der Waals surface area contributed by atoms with Crippen molar-refractivity contribution >= 4 is 23.3 Å². The van der Waals surface area contributed by atoms with Crippen molar-refractivity contribution in [2.24, 2.45) is 0 Å². The molecule has 8 nitrogen and oxygen atoms in total. The smallest absolute Gasteiger partial charge is 0.335 e. The topological polar surface area (TPSA) is 108 Å². The molecule has 1 fully saturated rings. The molecular weight excluding hydrogens is 292 g/mol. The van der Waals surface area contributed by atoms with Gasteiger partial charge in [0, 0.05) is 24.4 Å². The Hall–Kier alpha value is -2.48. The Balaban J connectivity index is 1.86. The summed E-state index contributed by atoms with van der Waals surface area (Å²) in [7, 11) is 0. The maximum absolute atomic E-state index is 11.7. The number of rotatable bonds is 5. The van der Waals surface area contributed by atoms with E-state index < -0.39 is 29.5 Å². The maximum atomic E-state index is 11.7. The van der Waals surface area contributed by atoms with E-state index in [9.17, 15) is 19.7 Å². The number of carbonyl (C=O) groups excluding carboxylic acids is 2. The Kier molecular flexibility index (Phi) is 5.05. The Bertz CT molecular complexity index is 595. The minimum Gasteiger partial charge on any atom is -0.454 e. The molecule has 1 saturated heterocycles. The highest BCUT2D eigenvalue weighted by Gasteiger charge is 2.25. The van der Waals surface area contributed by atoms with Crippen LogP contribution < -0.4 is 5.32 Å². The first-order valence-electron chi connectivity index (χ1n) is 6.80. The lowest BCUT2D eigenvalue weighted by molar-refractivity contribution is -0.384. The largest absolute Gasteiger partial charge is 0.454 e. The zero-order chi connectivity index (χ0) is 16.1. The van der Waals surface area contributed by atoms with Crippen LogP contribution in [0.15, 0.2) is 18.2 Å². The third-order valence-corrected chi connectivity index (χ3v) is 3.23. The molecule has 0 bridgehead atoms. The van der Waals surface area contributed by atoms with Crippen molar-refractivity contribution in [1.82, 2.24) is 0 Å². The van der Waals surface area contributed by atoms with E-state index in [2.05, 4.69) is 5.32 Å². The normalized spacial score (nSPS) is 17.0. The van der Waals surface area contributed by atoms with Crippen molar-refractivity contribution in [2.45, 2.75) is 25.9 Å². The fraction of sp³-hybridized carbons (Fsp3) is 0.429. The van der Waals surface area contributed by atoms with Crippen molar-refractivity contribution in [3.63, 3.8) is 0 Å². The van der Waals surface area contributed by atoms with Crippen LogP contribution in [-0.4, -0.2) is 36.1 Å². The highest BCUT2D eigenvalue weighted by atomic mass is 16.6. The molecule has 0 spiro atoms. The van der Waals surface area contributed by atoms with Crippen molar-refractivity contribution in [3.05, 3.63) is 33.9 Å². The van der Waals surface area contributed by atoms with Crippen molar-refractivity contribution in [2.75, 3.05) is 18.5 Å². The molecule has 1 heterocycles. The van der Waals surface area contributed by atoms with E-state index in [-0.39, 0.29) is 5.69 Å². The summed E-state index contributed by atoms with van der Waals surface area (Å²) < 4.78 is 10.0. The van der Waals surface area contributed by atoms with Crippen molar-refractivity contribution < 1.29 is 24.0 Å². The number of nitro groups is 1. The van der Waals surface area contributed by atoms with Gasteiger partial charge >= 0.3 is 5.97 Å². The van der Waals surface area contributed by atoms with Gasteiger partial charge in [-0.15, -0.1) is 0 Å².